The summed E-state index contributed by atoms with van der Waals surface area (Å²) >= 11 is 0. The van der Waals surface area contributed by atoms with Gasteiger partial charge in [0.05, 0.1) is 17.3 Å². The fraction of sp³-hybridized carbons (Fsp3) is 0.294. The predicted octanol–water partition coefficient (Wildman–Crippen LogP) is 3.29. The molecule has 4 heteroatoms. The molecule has 108 valence electrons. The Bertz CT molecular complexity index is 743. The summed E-state index contributed by atoms with van der Waals surface area (Å²) in [6, 6.07) is 12.1. The third-order valence-electron chi connectivity index (χ3n) is 3.62. The molecule has 2 aromatic heterocycles. The maximum atomic E-state index is 10.5. The van der Waals surface area contributed by atoms with Gasteiger partial charge in [-0.05, 0) is 26.0 Å². The normalized spacial score (nSPS) is 13.0. The van der Waals surface area contributed by atoms with Gasteiger partial charge < -0.3 is 5.11 Å². The number of fused-ring (bicyclic) bond motifs is 1. The summed E-state index contributed by atoms with van der Waals surface area (Å²) in [4.78, 5) is 4.39. The molecule has 0 spiro atoms. The number of rotatable bonds is 4. The van der Waals surface area contributed by atoms with Crippen molar-refractivity contribution in [3.63, 3.8) is 0 Å². The van der Waals surface area contributed by atoms with Crippen LogP contribution in [0.2, 0.25) is 0 Å². The van der Waals surface area contributed by atoms with E-state index in [1.807, 2.05) is 47.3 Å². The van der Waals surface area contributed by atoms with Crippen LogP contribution < -0.4 is 0 Å². The lowest BCUT2D eigenvalue weighted by atomic mass is 10.0. The maximum Gasteiger partial charge on any atom is 0.0867 e. The van der Waals surface area contributed by atoms with E-state index in [9.17, 15) is 5.11 Å². The molecule has 0 bridgehead atoms. The summed E-state index contributed by atoms with van der Waals surface area (Å²) in [5.74, 6) is 0. The molecule has 0 radical (unpaired) electrons. The van der Waals surface area contributed by atoms with Crippen molar-refractivity contribution in [1.82, 2.24) is 14.8 Å². The Hall–Kier alpha value is -2.20. The predicted molar refractivity (Wildman–Crippen MR) is 83.0 cm³/mol. The molecule has 0 amide bonds. The number of para-hydroxylation sites is 1. The molecule has 1 aromatic carbocycles. The van der Waals surface area contributed by atoms with Crippen LogP contribution in [-0.4, -0.2) is 19.9 Å². The van der Waals surface area contributed by atoms with Gasteiger partial charge in [-0.3, -0.25) is 9.67 Å². The van der Waals surface area contributed by atoms with E-state index in [4.69, 9.17) is 0 Å². The zero-order chi connectivity index (χ0) is 14.8. The van der Waals surface area contributed by atoms with Gasteiger partial charge in [0.15, 0.2) is 0 Å². The summed E-state index contributed by atoms with van der Waals surface area (Å²) in [6.45, 7) is 4.17. The molecule has 0 saturated carbocycles. The van der Waals surface area contributed by atoms with E-state index < -0.39 is 6.10 Å². The van der Waals surface area contributed by atoms with Crippen molar-refractivity contribution in [2.75, 3.05) is 0 Å². The van der Waals surface area contributed by atoms with Gasteiger partial charge in [0, 0.05) is 35.8 Å². The summed E-state index contributed by atoms with van der Waals surface area (Å²) in [6.07, 6.45) is 3.61. The van der Waals surface area contributed by atoms with Crippen molar-refractivity contribution in [2.24, 2.45) is 0 Å². The minimum Gasteiger partial charge on any atom is -0.388 e. The van der Waals surface area contributed by atoms with Crippen LogP contribution in [0.1, 0.15) is 37.3 Å². The van der Waals surface area contributed by atoms with Crippen molar-refractivity contribution >= 4 is 10.9 Å². The summed E-state index contributed by atoms with van der Waals surface area (Å²) in [7, 11) is 0. The number of benzene rings is 1. The lowest BCUT2D eigenvalue weighted by molar-refractivity contribution is 0.178. The van der Waals surface area contributed by atoms with Gasteiger partial charge in [-0.2, -0.15) is 5.10 Å². The topological polar surface area (TPSA) is 50.9 Å². The number of aliphatic hydroxyl groups excluding tert-OH is 1. The molecule has 1 atom stereocenters. The molecule has 1 unspecified atom stereocenters. The standard InChI is InChI=1S/C17H19N3O/c1-12(2)20-10-8-14(19-20)11-16(21)15-7-3-5-13-6-4-9-18-17(13)15/h3-10,12,16,21H,11H2,1-2H3. The summed E-state index contributed by atoms with van der Waals surface area (Å²) in [5.41, 5.74) is 2.60. The number of aromatic nitrogens is 3. The Balaban J connectivity index is 1.88. The smallest absolute Gasteiger partial charge is 0.0867 e. The number of hydrogen-bond acceptors (Lipinski definition) is 3. The molecule has 1 N–H and O–H groups in total. The Labute approximate surface area is 124 Å². The van der Waals surface area contributed by atoms with E-state index in [0.29, 0.717) is 12.5 Å². The molecule has 0 fully saturated rings. The second-order valence-corrected chi connectivity index (χ2v) is 5.52. The average Bonchev–Trinajstić information content (AvgIpc) is 2.95. The molecule has 21 heavy (non-hydrogen) atoms. The number of hydrogen-bond donors (Lipinski definition) is 1. The molecule has 0 aliphatic heterocycles. The summed E-state index contributed by atoms with van der Waals surface area (Å²) < 4.78 is 1.91. The fourth-order valence-corrected chi connectivity index (χ4v) is 2.48. The minimum absolute atomic E-state index is 0.329. The zero-order valence-electron chi connectivity index (χ0n) is 12.3. The van der Waals surface area contributed by atoms with E-state index in [0.717, 1.165) is 22.2 Å². The number of pyridine rings is 1. The zero-order valence-corrected chi connectivity index (χ0v) is 12.3. The van der Waals surface area contributed by atoms with Crippen LogP contribution in [0.3, 0.4) is 0 Å². The van der Waals surface area contributed by atoms with E-state index in [2.05, 4.69) is 23.9 Å². The maximum absolute atomic E-state index is 10.5. The van der Waals surface area contributed by atoms with Crippen LogP contribution in [0, 0.1) is 0 Å². The first-order chi connectivity index (χ1) is 10.1. The molecule has 4 nitrogen and oxygen atoms in total. The first kappa shape index (κ1) is 13.8. The molecule has 3 aromatic rings. The quantitative estimate of drug-likeness (QED) is 0.798. The minimum atomic E-state index is -0.598. The van der Waals surface area contributed by atoms with Crippen LogP contribution in [0.5, 0.6) is 0 Å². The molecular weight excluding hydrogens is 262 g/mol. The van der Waals surface area contributed by atoms with Gasteiger partial charge in [0.1, 0.15) is 0 Å². The Morgan fingerprint density at radius 1 is 1.14 bits per heavy atom. The van der Waals surface area contributed by atoms with Crippen LogP contribution >= 0.6 is 0 Å². The molecule has 2 heterocycles. The first-order valence-corrected chi connectivity index (χ1v) is 7.21. The SMILES string of the molecule is CC(C)n1ccc(CC(O)c2cccc3cccnc23)n1. The van der Waals surface area contributed by atoms with Crippen LogP contribution in [0.25, 0.3) is 10.9 Å². The van der Waals surface area contributed by atoms with Gasteiger partial charge in [-0.15, -0.1) is 0 Å². The lowest BCUT2D eigenvalue weighted by Gasteiger charge is -2.12. The van der Waals surface area contributed by atoms with E-state index in [-0.39, 0.29) is 0 Å². The summed E-state index contributed by atoms with van der Waals surface area (Å²) in [5, 5.41) is 16.1. The van der Waals surface area contributed by atoms with Crippen LogP contribution in [0.4, 0.5) is 0 Å². The first-order valence-electron chi connectivity index (χ1n) is 7.21. The van der Waals surface area contributed by atoms with E-state index in [1.165, 1.54) is 0 Å². The van der Waals surface area contributed by atoms with Crippen molar-refractivity contribution in [2.45, 2.75) is 32.4 Å². The Morgan fingerprint density at radius 3 is 2.71 bits per heavy atom. The molecule has 0 saturated heterocycles. The van der Waals surface area contributed by atoms with Gasteiger partial charge in [0.2, 0.25) is 0 Å². The van der Waals surface area contributed by atoms with Crippen molar-refractivity contribution in [3.05, 3.63) is 60.0 Å². The van der Waals surface area contributed by atoms with Crippen molar-refractivity contribution in [3.8, 4) is 0 Å². The number of nitrogens with zero attached hydrogens (tertiary/aromatic N) is 3. The highest BCUT2D eigenvalue weighted by atomic mass is 16.3. The fourth-order valence-electron chi connectivity index (χ4n) is 2.48. The molecule has 0 aliphatic carbocycles. The molecule has 3 rings (SSSR count). The molecular formula is C17H19N3O. The van der Waals surface area contributed by atoms with Gasteiger partial charge in [0.25, 0.3) is 0 Å². The van der Waals surface area contributed by atoms with E-state index >= 15 is 0 Å². The second kappa shape index (κ2) is 5.66. The largest absolute Gasteiger partial charge is 0.388 e. The Morgan fingerprint density at radius 2 is 1.95 bits per heavy atom. The van der Waals surface area contributed by atoms with Crippen LogP contribution in [0.15, 0.2) is 48.8 Å². The lowest BCUT2D eigenvalue weighted by Crippen LogP contribution is -2.06. The van der Waals surface area contributed by atoms with Gasteiger partial charge >= 0.3 is 0 Å². The molecule has 0 aliphatic rings. The Kier molecular flexibility index (Phi) is 3.71. The highest BCUT2D eigenvalue weighted by Crippen LogP contribution is 2.24. The number of aliphatic hydroxyl groups is 1. The van der Waals surface area contributed by atoms with Crippen molar-refractivity contribution in [1.29, 1.82) is 0 Å². The monoisotopic (exact) mass is 281 g/mol. The highest BCUT2D eigenvalue weighted by Gasteiger charge is 2.14. The third-order valence-corrected chi connectivity index (χ3v) is 3.62. The third kappa shape index (κ3) is 2.81. The van der Waals surface area contributed by atoms with Gasteiger partial charge in [-0.25, -0.2) is 0 Å². The van der Waals surface area contributed by atoms with Gasteiger partial charge in [-0.1, -0.05) is 24.3 Å². The highest BCUT2D eigenvalue weighted by molar-refractivity contribution is 5.81. The van der Waals surface area contributed by atoms with Crippen molar-refractivity contribution < 1.29 is 5.11 Å². The second-order valence-electron chi connectivity index (χ2n) is 5.52. The van der Waals surface area contributed by atoms with E-state index in [1.54, 1.807) is 6.20 Å². The average molecular weight is 281 g/mol. The van der Waals surface area contributed by atoms with Crippen LogP contribution in [-0.2, 0) is 6.42 Å².